The first kappa shape index (κ1) is 16.6. The first-order valence-corrected chi connectivity index (χ1v) is 5.43. The van der Waals surface area contributed by atoms with Crippen molar-refractivity contribution in [1.29, 1.82) is 0 Å². The smallest absolute Gasteiger partial charge is 0.319 e. The summed E-state index contributed by atoms with van der Waals surface area (Å²) < 4.78 is 0. The van der Waals surface area contributed by atoms with Gasteiger partial charge < -0.3 is 21.2 Å². The topological polar surface area (TPSA) is 127 Å². The normalized spacial score (nSPS) is 9.05. The molecule has 0 fully saturated rings. The van der Waals surface area contributed by atoms with Crippen molar-refractivity contribution in [2.24, 2.45) is 0 Å². The Kier molecular flexibility index (Phi) is 7.55. The molecular weight excluding hydrogens is 252 g/mol. The van der Waals surface area contributed by atoms with Gasteiger partial charge in [-0.1, -0.05) is 12.1 Å². The number of carbonyl (C=O) groups excluding carboxylic acids is 2. The number of rotatable bonds is 6. The van der Waals surface area contributed by atoms with E-state index in [2.05, 4.69) is 10.6 Å². The van der Waals surface area contributed by atoms with Crippen LogP contribution in [0.25, 0.3) is 0 Å². The van der Waals surface area contributed by atoms with Crippen molar-refractivity contribution in [3.8, 4) is 0 Å². The summed E-state index contributed by atoms with van der Waals surface area (Å²) in [5, 5.41) is 13.5. The van der Waals surface area contributed by atoms with Crippen LogP contribution in [0.4, 0.5) is 10.5 Å². The molecule has 0 atom stereocenters. The minimum atomic E-state index is -0.893. The minimum Gasteiger partial charge on any atom is -0.481 e. The molecule has 7 nitrogen and oxygen atoms in total. The zero-order chi connectivity index (χ0) is 13.4. The average molecular weight is 268 g/mol. The van der Waals surface area contributed by atoms with Crippen LogP contribution in [-0.2, 0) is 4.79 Å². The van der Waals surface area contributed by atoms with Crippen molar-refractivity contribution in [2.75, 3.05) is 11.9 Å². The second kappa shape index (κ2) is 8.65. The molecule has 2 amide bonds. The Balaban J connectivity index is 0.00000324. The zero-order valence-electron chi connectivity index (χ0n) is 10.2. The summed E-state index contributed by atoms with van der Waals surface area (Å²) >= 11 is 0. The highest BCUT2D eigenvalue weighted by Crippen LogP contribution is 2.08. The van der Waals surface area contributed by atoms with E-state index < -0.39 is 12.0 Å². The number of hydrogen-bond donors (Lipinski definition) is 3. The molecule has 0 aliphatic carbocycles. The fourth-order valence-corrected chi connectivity index (χ4v) is 1.31. The fraction of sp³-hybridized carbons (Fsp3) is 0.250. The molecule has 0 aliphatic heterocycles. The zero-order valence-corrected chi connectivity index (χ0v) is 10.2. The number of hydrogen-bond acceptors (Lipinski definition) is 3. The Morgan fingerprint density at radius 3 is 2.68 bits per heavy atom. The van der Waals surface area contributed by atoms with Crippen molar-refractivity contribution < 1.29 is 25.0 Å². The number of nitrogens with one attached hydrogen (secondary N) is 2. The molecule has 0 aromatic heterocycles. The van der Waals surface area contributed by atoms with Gasteiger partial charge in [-0.3, -0.25) is 9.59 Å². The van der Waals surface area contributed by atoms with Crippen LogP contribution in [0.5, 0.6) is 0 Å². The molecule has 0 radical (unpaired) electrons. The molecule has 1 aromatic rings. The summed E-state index contributed by atoms with van der Waals surface area (Å²) in [5.41, 5.74) is 0.981. The van der Waals surface area contributed by atoms with E-state index in [1.165, 1.54) is 0 Å². The molecular formula is C12H16N2O5. The first-order chi connectivity index (χ1) is 8.61. The minimum absolute atomic E-state index is 0. The van der Waals surface area contributed by atoms with Crippen LogP contribution in [0.3, 0.4) is 0 Å². The maximum absolute atomic E-state index is 11.4. The van der Waals surface area contributed by atoms with Crippen LogP contribution < -0.4 is 10.6 Å². The van der Waals surface area contributed by atoms with E-state index in [-0.39, 0.29) is 18.4 Å². The number of amides is 2. The van der Waals surface area contributed by atoms with Gasteiger partial charge in [0.05, 0.1) is 0 Å². The van der Waals surface area contributed by atoms with Gasteiger partial charge in [-0.25, -0.2) is 4.79 Å². The van der Waals surface area contributed by atoms with Crippen molar-refractivity contribution in [3.63, 3.8) is 0 Å². The van der Waals surface area contributed by atoms with Crippen molar-refractivity contribution in [3.05, 3.63) is 29.8 Å². The Bertz CT molecular complexity index is 448. The summed E-state index contributed by atoms with van der Waals surface area (Å²) in [6, 6.07) is 6.06. The molecule has 1 rings (SSSR count). The number of anilines is 1. The summed E-state index contributed by atoms with van der Waals surface area (Å²) in [4.78, 5) is 32.2. The van der Waals surface area contributed by atoms with Crippen LogP contribution in [0.15, 0.2) is 24.3 Å². The van der Waals surface area contributed by atoms with Crippen LogP contribution >= 0.6 is 0 Å². The molecule has 104 valence electrons. The van der Waals surface area contributed by atoms with Crippen LogP contribution in [0.1, 0.15) is 23.2 Å². The van der Waals surface area contributed by atoms with E-state index in [9.17, 15) is 14.4 Å². The average Bonchev–Trinajstić information content (AvgIpc) is 2.34. The Labute approximate surface area is 109 Å². The van der Waals surface area contributed by atoms with Gasteiger partial charge in [0, 0.05) is 24.2 Å². The number of aldehydes is 1. The van der Waals surface area contributed by atoms with Gasteiger partial charge in [0.25, 0.3) is 0 Å². The number of carbonyl (C=O) groups is 3. The molecule has 0 saturated carbocycles. The number of benzene rings is 1. The lowest BCUT2D eigenvalue weighted by molar-refractivity contribution is -0.137. The van der Waals surface area contributed by atoms with Crippen molar-refractivity contribution >= 4 is 24.0 Å². The largest absolute Gasteiger partial charge is 0.481 e. The molecule has 0 bridgehead atoms. The number of carboxylic acid groups (broad SMARTS) is 1. The van der Waals surface area contributed by atoms with Crippen LogP contribution in [0, 0.1) is 0 Å². The standard InChI is InChI=1S/C12H14N2O4.H2O/c15-8-9-3-1-4-10(7-9)14-12(18)13-6-2-5-11(16)17;/h1,3-4,7-8H,2,5-6H2,(H,16,17)(H2,13,14,18);1H2. The van der Waals surface area contributed by atoms with E-state index in [0.29, 0.717) is 24.0 Å². The van der Waals surface area contributed by atoms with Gasteiger partial charge in [-0.05, 0) is 18.6 Å². The Morgan fingerprint density at radius 1 is 1.32 bits per heavy atom. The first-order valence-electron chi connectivity index (χ1n) is 5.43. The van der Waals surface area contributed by atoms with Crippen molar-refractivity contribution in [1.82, 2.24) is 5.32 Å². The van der Waals surface area contributed by atoms with Gasteiger partial charge in [-0.2, -0.15) is 0 Å². The molecule has 0 unspecified atom stereocenters. The molecule has 19 heavy (non-hydrogen) atoms. The maximum Gasteiger partial charge on any atom is 0.319 e. The van der Waals surface area contributed by atoms with Gasteiger partial charge in [0.1, 0.15) is 6.29 Å². The summed E-state index contributed by atoms with van der Waals surface area (Å²) in [6.07, 6.45) is 1.08. The summed E-state index contributed by atoms with van der Waals surface area (Å²) in [7, 11) is 0. The highest BCUT2D eigenvalue weighted by Gasteiger charge is 2.02. The second-order valence-electron chi connectivity index (χ2n) is 3.62. The van der Waals surface area contributed by atoms with E-state index in [0.717, 1.165) is 0 Å². The summed E-state index contributed by atoms with van der Waals surface area (Å²) in [5.74, 6) is -0.893. The third-order valence-corrected chi connectivity index (χ3v) is 2.13. The molecule has 0 saturated heterocycles. The lowest BCUT2D eigenvalue weighted by Gasteiger charge is -2.07. The van der Waals surface area contributed by atoms with Gasteiger partial charge in [-0.15, -0.1) is 0 Å². The Hall–Kier alpha value is -2.41. The molecule has 0 spiro atoms. The second-order valence-corrected chi connectivity index (χ2v) is 3.62. The SMILES string of the molecule is O.O=Cc1cccc(NC(=O)NCCCC(=O)O)c1. The van der Waals surface area contributed by atoms with Gasteiger partial charge >= 0.3 is 12.0 Å². The predicted octanol–water partition coefficient (Wildman–Crippen LogP) is 0.661. The molecule has 7 heteroatoms. The highest BCUT2D eigenvalue weighted by atomic mass is 16.4. The molecule has 0 aliphatic rings. The molecule has 1 aromatic carbocycles. The number of carboxylic acids is 1. The maximum atomic E-state index is 11.4. The Morgan fingerprint density at radius 2 is 2.05 bits per heavy atom. The third kappa shape index (κ3) is 6.79. The number of urea groups is 1. The van der Waals surface area contributed by atoms with Gasteiger partial charge in [0.2, 0.25) is 0 Å². The monoisotopic (exact) mass is 268 g/mol. The van der Waals surface area contributed by atoms with E-state index in [1.807, 2.05) is 0 Å². The van der Waals surface area contributed by atoms with Gasteiger partial charge in [0.15, 0.2) is 0 Å². The van der Waals surface area contributed by atoms with E-state index in [4.69, 9.17) is 5.11 Å². The predicted molar refractivity (Wildman–Crippen MR) is 69.3 cm³/mol. The van der Waals surface area contributed by atoms with Crippen LogP contribution in [-0.4, -0.2) is 35.4 Å². The third-order valence-electron chi connectivity index (χ3n) is 2.13. The number of aliphatic carboxylic acids is 1. The molecule has 0 heterocycles. The molecule has 5 N–H and O–H groups in total. The van der Waals surface area contributed by atoms with Crippen molar-refractivity contribution in [2.45, 2.75) is 12.8 Å². The lowest BCUT2D eigenvalue weighted by Crippen LogP contribution is -2.29. The fourth-order valence-electron chi connectivity index (χ4n) is 1.31. The highest BCUT2D eigenvalue weighted by molar-refractivity contribution is 5.90. The van der Waals surface area contributed by atoms with E-state index in [1.54, 1.807) is 24.3 Å². The van der Waals surface area contributed by atoms with E-state index >= 15 is 0 Å². The summed E-state index contributed by atoms with van der Waals surface area (Å²) in [6.45, 7) is 0.283. The quantitative estimate of drug-likeness (QED) is 0.517. The van der Waals surface area contributed by atoms with Crippen LogP contribution in [0.2, 0.25) is 0 Å². The lowest BCUT2D eigenvalue weighted by atomic mass is 10.2.